The Morgan fingerprint density at radius 2 is 1.83 bits per heavy atom. The standard InChI is InChI=1S/C22H22BrNO3S2/c1-4-26-18-11-16(10-17(23)20(18)27-5-2)12-19-21(25)24(22(28)29-19)13-15-8-6-14(3)7-9-15/h6-12H,4-5,13H2,1-3H3/b19-12-. The van der Waals surface area contributed by atoms with Gasteiger partial charge in [-0.1, -0.05) is 53.8 Å². The van der Waals surface area contributed by atoms with E-state index in [1.165, 1.54) is 17.3 Å². The van der Waals surface area contributed by atoms with Crippen LogP contribution in [0.3, 0.4) is 0 Å². The van der Waals surface area contributed by atoms with Gasteiger partial charge in [-0.05, 0) is 66.0 Å². The minimum Gasteiger partial charge on any atom is -0.490 e. The van der Waals surface area contributed by atoms with E-state index in [1.54, 1.807) is 4.90 Å². The Morgan fingerprint density at radius 1 is 1.14 bits per heavy atom. The van der Waals surface area contributed by atoms with Gasteiger partial charge in [0, 0.05) is 0 Å². The molecule has 1 amide bonds. The number of carbonyl (C=O) groups excluding carboxylic acids is 1. The van der Waals surface area contributed by atoms with Crippen molar-refractivity contribution in [3.63, 3.8) is 0 Å². The van der Waals surface area contributed by atoms with Crippen molar-refractivity contribution < 1.29 is 14.3 Å². The molecule has 1 heterocycles. The average molecular weight is 492 g/mol. The van der Waals surface area contributed by atoms with Gasteiger partial charge in [0.05, 0.1) is 29.1 Å². The van der Waals surface area contributed by atoms with E-state index >= 15 is 0 Å². The Hall–Kier alpha value is -1.83. The highest BCUT2D eigenvalue weighted by Crippen LogP contribution is 2.39. The number of benzene rings is 2. The molecule has 0 atom stereocenters. The second-order valence-electron chi connectivity index (χ2n) is 6.45. The van der Waals surface area contributed by atoms with E-state index in [0.29, 0.717) is 40.5 Å². The van der Waals surface area contributed by atoms with Crippen LogP contribution in [-0.4, -0.2) is 28.3 Å². The van der Waals surface area contributed by atoms with E-state index in [2.05, 4.69) is 15.9 Å². The third kappa shape index (κ3) is 5.21. The average Bonchev–Trinajstić information content (AvgIpc) is 2.94. The first kappa shape index (κ1) is 21.9. The highest BCUT2D eigenvalue weighted by atomic mass is 79.9. The Bertz CT molecular complexity index is 957. The molecule has 0 aliphatic carbocycles. The van der Waals surface area contributed by atoms with Gasteiger partial charge in [-0.15, -0.1) is 0 Å². The monoisotopic (exact) mass is 491 g/mol. The molecule has 7 heteroatoms. The molecule has 1 saturated heterocycles. The van der Waals surface area contributed by atoms with Crippen LogP contribution in [0.2, 0.25) is 0 Å². The van der Waals surface area contributed by atoms with Crippen LogP contribution in [0.1, 0.15) is 30.5 Å². The molecule has 2 aromatic rings. The van der Waals surface area contributed by atoms with Crippen molar-refractivity contribution in [3.05, 3.63) is 62.5 Å². The Kier molecular flexibility index (Phi) is 7.38. The highest BCUT2D eigenvalue weighted by molar-refractivity contribution is 9.10. The van der Waals surface area contributed by atoms with E-state index in [0.717, 1.165) is 15.6 Å². The summed E-state index contributed by atoms with van der Waals surface area (Å²) in [6.45, 7) is 7.42. The van der Waals surface area contributed by atoms with Crippen LogP contribution in [0.4, 0.5) is 0 Å². The first-order valence-electron chi connectivity index (χ1n) is 9.33. The first-order valence-corrected chi connectivity index (χ1v) is 11.3. The Balaban J connectivity index is 1.86. The predicted molar refractivity (Wildman–Crippen MR) is 126 cm³/mol. The molecule has 4 nitrogen and oxygen atoms in total. The number of amides is 1. The Morgan fingerprint density at radius 3 is 2.48 bits per heavy atom. The van der Waals surface area contributed by atoms with Crippen molar-refractivity contribution in [2.24, 2.45) is 0 Å². The van der Waals surface area contributed by atoms with Gasteiger partial charge in [-0.3, -0.25) is 9.69 Å². The molecule has 0 radical (unpaired) electrons. The molecule has 0 unspecified atom stereocenters. The Labute approximate surface area is 189 Å². The lowest BCUT2D eigenvalue weighted by atomic mass is 10.1. The number of hydrogen-bond acceptors (Lipinski definition) is 5. The molecule has 1 fully saturated rings. The second-order valence-corrected chi connectivity index (χ2v) is 8.98. The van der Waals surface area contributed by atoms with Gasteiger partial charge in [0.25, 0.3) is 5.91 Å². The molecule has 29 heavy (non-hydrogen) atoms. The molecule has 3 rings (SSSR count). The van der Waals surface area contributed by atoms with Crippen molar-refractivity contribution in [3.8, 4) is 11.5 Å². The molecule has 2 aromatic carbocycles. The van der Waals surface area contributed by atoms with E-state index in [1.807, 2.05) is 63.2 Å². The van der Waals surface area contributed by atoms with Crippen molar-refractivity contribution in [1.82, 2.24) is 4.90 Å². The van der Waals surface area contributed by atoms with Crippen LogP contribution in [0.5, 0.6) is 11.5 Å². The van der Waals surface area contributed by atoms with Gasteiger partial charge in [-0.2, -0.15) is 0 Å². The molecule has 0 saturated carbocycles. The topological polar surface area (TPSA) is 38.8 Å². The quantitative estimate of drug-likeness (QED) is 0.353. The zero-order chi connectivity index (χ0) is 21.0. The minimum absolute atomic E-state index is 0.0801. The number of ether oxygens (including phenoxy) is 2. The summed E-state index contributed by atoms with van der Waals surface area (Å²) in [5.41, 5.74) is 3.08. The maximum Gasteiger partial charge on any atom is 0.266 e. The van der Waals surface area contributed by atoms with Gasteiger partial charge in [-0.25, -0.2) is 0 Å². The zero-order valence-electron chi connectivity index (χ0n) is 16.5. The van der Waals surface area contributed by atoms with E-state index in [4.69, 9.17) is 21.7 Å². The predicted octanol–water partition coefficient (Wildman–Crippen LogP) is 5.96. The number of thiocarbonyl (C=S) groups is 1. The lowest BCUT2D eigenvalue weighted by molar-refractivity contribution is -0.122. The summed E-state index contributed by atoms with van der Waals surface area (Å²) in [4.78, 5) is 15.2. The van der Waals surface area contributed by atoms with Gasteiger partial charge >= 0.3 is 0 Å². The maximum atomic E-state index is 12.9. The van der Waals surface area contributed by atoms with Crippen LogP contribution in [-0.2, 0) is 11.3 Å². The third-order valence-electron chi connectivity index (χ3n) is 4.25. The van der Waals surface area contributed by atoms with Crippen molar-refractivity contribution >= 4 is 56.2 Å². The van der Waals surface area contributed by atoms with Crippen LogP contribution >= 0.6 is 39.9 Å². The number of rotatable bonds is 7. The summed E-state index contributed by atoms with van der Waals surface area (Å²) in [5, 5.41) is 0. The normalized spacial score (nSPS) is 15.3. The number of aryl methyl sites for hydroxylation is 1. The van der Waals surface area contributed by atoms with Gasteiger partial charge < -0.3 is 9.47 Å². The first-order chi connectivity index (χ1) is 13.9. The largest absolute Gasteiger partial charge is 0.490 e. The summed E-state index contributed by atoms with van der Waals surface area (Å²) in [7, 11) is 0. The molecular formula is C22H22BrNO3S2. The molecule has 1 aliphatic heterocycles. The third-order valence-corrected chi connectivity index (χ3v) is 6.22. The highest BCUT2D eigenvalue weighted by Gasteiger charge is 2.32. The van der Waals surface area contributed by atoms with Gasteiger partial charge in [0.1, 0.15) is 4.32 Å². The summed E-state index contributed by atoms with van der Waals surface area (Å²) >= 11 is 10.3. The molecular weight excluding hydrogens is 470 g/mol. The minimum atomic E-state index is -0.0801. The SMILES string of the molecule is CCOc1cc(/C=C2\SC(=S)N(Cc3ccc(C)cc3)C2=O)cc(Br)c1OCC. The van der Waals surface area contributed by atoms with Crippen LogP contribution < -0.4 is 9.47 Å². The molecule has 0 N–H and O–H groups in total. The fourth-order valence-corrected chi connectivity index (χ4v) is 4.71. The lowest BCUT2D eigenvalue weighted by Crippen LogP contribution is -2.27. The van der Waals surface area contributed by atoms with Gasteiger partial charge in [0.15, 0.2) is 11.5 Å². The summed E-state index contributed by atoms with van der Waals surface area (Å²) < 4.78 is 12.8. The van der Waals surface area contributed by atoms with Crippen LogP contribution in [0, 0.1) is 6.92 Å². The number of thioether (sulfide) groups is 1. The molecule has 152 valence electrons. The molecule has 1 aliphatic rings. The molecule has 0 aromatic heterocycles. The van der Waals surface area contributed by atoms with Crippen molar-refractivity contribution in [2.45, 2.75) is 27.3 Å². The number of halogens is 1. The smallest absolute Gasteiger partial charge is 0.266 e. The van der Waals surface area contributed by atoms with Crippen molar-refractivity contribution in [1.29, 1.82) is 0 Å². The van der Waals surface area contributed by atoms with E-state index in [9.17, 15) is 4.79 Å². The zero-order valence-corrected chi connectivity index (χ0v) is 19.7. The van der Waals surface area contributed by atoms with Crippen LogP contribution in [0.25, 0.3) is 6.08 Å². The van der Waals surface area contributed by atoms with Crippen LogP contribution in [0.15, 0.2) is 45.8 Å². The fourth-order valence-electron chi connectivity index (χ4n) is 2.88. The summed E-state index contributed by atoms with van der Waals surface area (Å²) in [5.74, 6) is 1.23. The van der Waals surface area contributed by atoms with E-state index in [-0.39, 0.29) is 5.91 Å². The number of hydrogen-bond donors (Lipinski definition) is 0. The maximum absolute atomic E-state index is 12.9. The number of nitrogens with zero attached hydrogens (tertiary/aromatic N) is 1. The lowest BCUT2D eigenvalue weighted by Gasteiger charge is -2.15. The van der Waals surface area contributed by atoms with E-state index < -0.39 is 0 Å². The second kappa shape index (κ2) is 9.78. The fraction of sp³-hybridized carbons (Fsp3) is 0.273. The summed E-state index contributed by atoms with van der Waals surface area (Å²) in [6, 6.07) is 11.9. The van der Waals surface area contributed by atoms with Gasteiger partial charge in [0.2, 0.25) is 0 Å². The summed E-state index contributed by atoms with van der Waals surface area (Å²) in [6.07, 6.45) is 1.84. The van der Waals surface area contributed by atoms with Crippen molar-refractivity contribution in [2.75, 3.05) is 13.2 Å². The molecule has 0 bridgehead atoms. The molecule has 0 spiro atoms. The number of carbonyl (C=O) groups is 1.